The van der Waals surface area contributed by atoms with Gasteiger partial charge < -0.3 is 40.0 Å². The van der Waals surface area contributed by atoms with Gasteiger partial charge in [-0.1, -0.05) is 13.8 Å². The molecule has 2 fully saturated rings. The van der Waals surface area contributed by atoms with Crippen LogP contribution in [0.4, 0.5) is 0 Å². The number of nitrogens with one attached hydrogen (secondary N) is 1. The van der Waals surface area contributed by atoms with Gasteiger partial charge in [0, 0.05) is 12.8 Å². The first-order valence-electron chi connectivity index (χ1n) is 11.1. The summed E-state index contributed by atoms with van der Waals surface area (Å²) in [7, 11) is -10.3. The van der Waals surface area contributed by atoms with Gasteiger partial charge in [0.05, 0.1) is 25.4 Å². The Labute approximate surface area is 217 Å². The van der Waals surface area contributed by atoms with Crippen molar-refractivity contribution in [1.82, 2.24) is 5.32 Å². The molecule has 1 amide bonds. The van der Waals surface area contributed by atoms with Crippen LogP contribution in [0.15, 0.2) is 0 Å². The Hall–Kier alpha value is -1.56. The van der Waals surface area contributed by atoms with Gasteiger partial charge in [-0.3, -0.25) is 13.9 Å². The number of carbonyl (C=O) groups excluding carboxylic acids is 1. The third-order valence-electron chi connectivity index (χ3n) is 5.84. The topological polar surface area (TPSA) is 282 Å². The van der Waals surface area contributed by atoms with E-state index in [1.165, 1.54) is 0 Å². The third-order valence-corrected chi connectivity index (χ3v) is 6.74. The van der Waals surface area contributed by atoms with Crippen LogP contribution in [0.3, 0.4) is 0 Å². The molecule has 2 saturated heterocycles. The molecule has 222 valence electrons. The van der Waals surface area contributed by atoms with Gasteiger partial charge in [-0.05, 0) is 5.92 Å². The first-order chi connectivity index (χ1) is 17.3. The zero-order valence-corrected chi connectivity index (χ0v) is 21.9. The highest BCUT2D eigenvalue weighted by Gasteiger charge is 2.52. The summed E-state index contributed by atoms with van der Waals surface area (Å²) in [6, 6.07) is -1.16. The van der Waals surface area contributed by atoms with Crippen LogP contribution in [0.25, 0.3) is 0 Å². The summed E-state index contributed by atoms with van der Waals surface area (Å²) in [5.41, 5.74) is 0. The van der Waals surface area contributed by atoms with Crippen LogP contribution >= 0.6 is 0 Å². The average Bonchev–Trinajstić information content (AvgIpc) is 2.75. The number of ether oxygens (including phenoxy) is 3. The maximum absolute atomic E-state index is 12.0. The van der Waals surface area contributed by atoms with Gasteiger partial charge in [0.1, 0.15) is 30.5 Å². The van der Waals surface area contributed by atoms with E-state index >= 15 is 0 Å². The van der Waals surface area contributed by atoms with E-state index in [9.17, 15) is 51.4 Å². The van der Waals surface area contributed by atoms with Crippen molar-refractivity contribution in [1.29, 1.82) is 0 Å². The molecule has 0 aromatic heterocycles. The van der Waals surface area contributed by atoms with E-state index in [0.29, 0.717) is 0 Å². The molecule has 2 rings (SSSR count). The van der Waals surface area contributed by atoms with Crippen molar-refractivity contribution >= 4 is 32.7 Å². The summed E-state index contributed by atoms with van der Waals surface area (Å²) in [6.45, 7) is 2.62. The number of aliphatic hydroxyl groups is 3. The smallest absolute Gasteiger partial charge is 0.397 e. The second-order valence-electron chi connectivity index (χ2n) is 9.04. The number of carboxylic acid groups (broad SMARTS) is 1. The molecule has 0 aromatic carbocycles. The van der Waals surface area contributed by atoms with Crippen LogP contribution in [0.5, 0.6) is 0 Å². The molecule has 2 heterocycles. The highest BCUT2D eigenvalue weighted by atomic mass is 32.3. The number of hydrogen-bond donors (Lipinski definition) is 7. The Bertz CT molecular complexity index is 1050. The Balaban J connectivity index is 2.47. The lowest BCUT2D eigenvalue weighted by Gasteiger charge is -2.48. The fraction of sp³-hybridized carbons (Fsp3) is 0.889. The Morgan fingerprint density at radius 3 is 2.03 bits per heavy atom. The summed E-state index contributed by atoms with van der Waals surface area (Å²) >= 11 is 0. The molecule has 10 unspecified atom stereocenters. The van der Waals surface area contributed by atoms with Gasteiger partial charge in [-0.15, -0.1) is 0 Å². The molecule has 2 aliphatic heterocycles. The highest BCUT2D eigenvalue weighted by molar-refractivity contribution is 7.81. The maximum Gasteiger partial charge on any atom is 0.397 e. The zero-order chi connectivity index (χ0) is 29.2. The largest absolute Gasteiger partial charge is 0.479 e. The van der Waals surface area contributed by atoms with Crippen molar-refractivity contribution < 1.29 is 78.5 Å². The molecule has 0 radical (unpaired) electrons. The summed E-state index contributed by atoms with van der Waals surface area (Å²) in [6.07, 6.45) is -14.4. The minimum absolute atomic E-state index is 0.445. The summed E-state index contributed by atoms with van der Waals surface area (Å²) in [4.78, 5) is 23.3. The lowest BCUT2D eigenvalue weighted by molar-refractivity contribution is -0.301. The number of carboxylic acids is 1. The minimum atomic E-state index is -5.27. The van der Waals surface area contributed by atoms with Crippen molar-refractivity contribution in [3.05, 3.63) is 0 Å². The standard InChI is InChI=1S/C18H31NO17S2/c1-6(2)14-10(19-7(3)20)8(4-32-18-13(23)11(21)12(22)16(35-18)17(24)25)15(36-38(29,30)31)9(34-14)5-33-37(26,27)28/h6,8-16,18,21-23H,4-5H2,1-3H3,(H,19,20)(H,24,25)(H,26,27,28)(H,29,30,31). The van der Waals surface area contributed by atoms with Gasteiger partial charge in [0.2, 0.25) is 5.91 Å². The molecule has 38 heavy (non-hydrogen) atoms. The lowest BCUT2D eigenvalue weighted by atomic mass is 9.81. The zero-order valence-electron chi connectivity index (χ0n) is 20.3. The SMILES string of the molecule is CC(=O)NC1C(COC2OC(C(=O)O)C(O)C(O)C2O)C(OS(=O)(=O)O)C(COS(=O)(=O)O)OC1C(C)C. The fourth-order valence-electron chi connectivity index (χ4n) is 4.24. The molecule has 0 aliphatic carbocycles. The van der Waals surface area contributed by atoms with E-state index in [2.05, 4.69) is 9.50 Å². The minimum Gasteiger partial charge on any atom is -0.479 e. The van der Waals surface area contributed by atoms with E-state index in [4.69, 9.17) is 22.9 Å². The summed E-state index contributed by atoms with van der Waals surface area (Å²) in [5, 5.41) is 41.8. The van der Waals surface area contributed by atoms with Gasteiger partial charge in [-0.25, -0.2) is 13.2 Å². The van der Waals surface area contributed by atoms with Crippen LogP contribution in [0.1, 0.15) is 20.8 Å². The van der Waals surface area contributed by atoms with Crippen molar-refractivity contribution in [2.45, 2.75) is 75.8 Å². The van der Waals surface area contributed by atoms with Gasteiger partial charge in [0.15, 0.2) is 12.4 Å². The molecule has 0 saturated carbocycles. The number of aliphatic carboxylic acids is 1. The first kappa shape index (κ1) is 32.7. The number of aliphatic hydroxyl groups excluding tert-OH is 3. The molecule has 18 nitrogen and oxygen atoms in total. The first-order valence-corrected chi connectivity index (χ1v) is 13.8. The normalized spacial score (nSPS) is 36.7. The van der Waals surface area contributed by atoms with E-state index in [-0.39, 0.29) is 0 Å². The van der Waals surface area contributed by atoms with Crippen LogP contribution in [0.2, 0.25) is 0 Å². The Morgan fingerprint density at radius 2 is 1.55 bits per heavy atom. The second-order valence-corrected chi connectivity index (χ2v) is 11.2. The van der Waals surface area contributed by atoms with E-state index in [1.54, 1.807) is 13.8 Å². The molecule has 0 aromatic rings. The van der Waals surface area contributed by atoms with Crippen molar-refractivity contribution in [3.63, 3.8) is 0 Å². The quantitative estimate of drug-likeness (QED) is 0.113. The molecule has 2 aliphatic rings. The van der Waals surface area contributed by atoms with E-state index < -0.39 is 113 Å². The van der Waals surface area contributed by atoms with E-state index in [0.717, 1.165) is 6.92 Å². The van der Waals surface area contributed by atoms with Crippen molar-refractivity contribution in [3.8, 4) is 0 Å². The molecule has 7 N–H and O–H groups in total. The van der Waals surface area contributed by atoms with Crippen molar-refractivity contribution in [2.24, 2.45) is 11.8 Å². The third kappa shape index (κ3) is 8.72. The molecular weight excluding hydrogens is 566 g/mol. The summed E-state index contributed by atoms with van der Waals surface area (Å²) in [5.74, 6) is -4.14. The van der Waals surface area contributed by atoms with E-state index in [1.807, 2.05) is 0 Å². The highest BCUT2D eigenvalue weighted by Crippen LogP contribution is 2.34. The maximum atomic E-state index is 12.0. The molecule has 0 bridgehead atoms. The molecule has 20 heteroatoms. The van der Waals surface area contributed by atoms with Gasteiger partial charge >= 0.3 is 26.8 Å². The second kappa shape index (κ2) is 12.7. The van der Waals surface area contributed by atoms with Crippen molar-refractivity contribution in [2.75, 3.05) is 13.2 Å². The number of carbonyl (C=O) groups is 2. The number of amides is 1. The Morgan fingerprint density at radius 1 is 0.947 bits per heavy atom. The van der Waals surface area contributed by atoms with Gasteiger partial charge in [0.25, 0.3) is 0 Å². The Kier molecular flexibility index (Phi) is 10.9. The molecule has 0 spiro atoms. The predicted octanol–water partition coefficient (Wildman–Crippen LogP) is -3.55. The van der Waals surface area contributed by atoms with Crippen LogP contribution in [-0.2, 0) is 53.0 Å². The van der Waals surface area contributed by atoms with Gasteiger partial charge in [-0.2, -0.15) is 16.8 Å². The number of hydrogen-bond acceptors (Lipinski definition) is 14. The monoisotopic (exact) mass is 597 g/mol. The molecular formula is C18H31NO17S2. The molecule has 10 atom stereocenters. The van der Waals surface area contributed by atoms with Crippen LogP contribution in [0, 0.1) is 11.8 Å². The fourth-order valence-corrected chi connectivity index (χ4v) is 5.09. The van der Waals surface area contributed by atoms with Crippen LogP contribution < -0.4 is 5.32 Å². The van der Waals surface area contributed by atoms with Crippen LogP contribution in [-0.4, -0.2) is 127 Å². The summed E-state index contributed by atoms with van der Waals surface area (Å²) < 4.78 is 89.1. The number of rotatable bonds is 11. The lowest BCUT2D eigenvalue weighted by Crippen LogP contribution is -2.65. The average molecular weight is 598 g/mol. The predicted molar refractivity (Wildman–Crippen MR) is 119 cm³/mol.